The first-order valence-electron chi connectivity index (χ1n) is 7.58. The Labute approximate surface area is 131 Å². The van der Waals surface area contributed by atoms with Gasteiger partial charge in [-0.05, 0) is 44.1 Å². The Morgan fingerprint density at radius 3 is 2.90 bits per heavy atom. The molecule has 0 amide bonds. The number of benzene rings is 1. The fourth-order valence-electron chi connectivity index (χ4n) is 2.34. The van der Waals surface area contributed by atoms with Gasteiger partial charge in [-0.3, -0.25) is 0 Å². The Morgan fingerprint density at radius 1 is 1.33 bits per heavy atom. The molecule has 0 aromatic heterocycles. The van der Waals surface area contributed by atoms with Crippen molar-refractivity contribution in [1.29, 1.82) is 0 Å². The van der Waals surface area contributed by atoms with Crippen LogP contribution in [0.15, 0.2) is 23.4 Å². The molecule has 2 rings (SSSR count). The maximum atomic E-state index is 6.08. The molecule has 4 nitrogen and oxygen atoms in total. The normalized spacial score (nSPS) is 16.5. The predicted molar refractivity (Wildman–Crippen MR) is 86.5 cm³/mol. The quantitative estimate of drug-likeness (QED) is 0.595. The number of ether oxygens (including phenoxy) is 1. The van der Waals surface area contributed by atoms with Gasteiger partial charge in [0.1, 0.15) is 12.4 Å². The lowest BCUT2D eigenvalue weighted by Crippen LogP contribution is -2.26. The van der Waals surface area contributed by atoms with Gasteiger partial charge in [0.25, 0.3) is 0 Å². The first-order valence-corrected chi connectivity index (χ1v) is 7.96. The molecule has 0 fully saturated rings. The summed E-state index contributed by atoms with van der Waals surface area (Å²) in [4.78, 5) is 7.81. The molecule has 21 heavy (non-hydrogen) atoms. The molecule has 1 heterocycles. The number of nitrogens with zero attached hydrogens (tertiary/aromatic N) is 2. The molecule has 5 heteroatoms. The van der Waals surface area contributed by atoms with Crippen LogP contribution in [0.2, 0.25) is 5.02 Å². The molecule has 0 N–H and O–H groups in total. The number of halogens is 1. The summed E-state index contributed by atoms with van der Waals surface area (Å²) in [7, 11) is 0. The predicted octanol–water partition coefficient (Wildman–Crippen LogP) is 3.58. The molecule has 0 radical (unpaired) electrons. The third kappa shape index (κ3) is 4.61. The van der Waals surface area contributed by atoms with Crippen LogP contribution in [0.25, 0.3) is 0 Å². The van der Waals surface area contributed by atoms with Crippen LogP contribution in [-0.4, -0.2) is 43.5 Å². The highest BCUT2D eigenvalue weighted by atomic mass is 35.5. The van der Waals surface area contributed by atoms with Crippen LogP contribution >= 0.6 is 11.6 Å². The highest BCUT2D eigenvalue weighted by molar-refractivity contribution is 6.31. The van der Waals surface area contributed by atoms with E-state index in [9.17, 15) is 0 Å². The average molecular weight is 311 g/mol. The van der Waals surface area contributed by atoms with E-state index in [2.05, 4.69) is 23.9 Å². The topological polar surface area (TPSA) is 34.1 Å². The van der Waals surface area contributed by atoms with Crippen molar-refractivity contribution in [1.82, 2.24) is 4.90 Å². The summed E-state index contributed by atoms with van der Waals surface area (Å²) in [6, 6.07) is 5.63. The van der Waals surface area contributed by atoms with Crippen LogP contribution < -0.4 is 4.74 Å². The fourth-order valence-corrected chi connectivity index (χ4v) is 2.51. The molecule has 1 aliphatic rings. The molecule has 1 aliphatic heterocycles. The van der Waals surface area contributed by atoms with E-state index in [0.29, 0.717) is 18.2 Å². The second kappa shape index (κ2) is 8.25. The number of oxime groups is 1. The maximum absolute atomic E-state index is 6.08. The van der Waals surface area contributed by atoms with E-state index in [1.807, 2.05) is 18.2 Å². The van der Waals surface area contributed by atoms with Gasteiger partial charge < -0.3 is 14.5 Å². The van der Waals surface area contributed by atoms with Crippen molar-refractivity contribution in [2.75, 3.05) is 32.8 Å². The van der Waals surface area contributed by atoms with Gasteiger partial charge >= 0.3 is 0 Å². The molecule has 1 aromatic rings. The van der Waals surface area contributed by atoms with Gasteiger partial charge in [-0.15, -0.1) is 0 Å². The second-order valence-electron chi connectivity index (χ2n) is 4.99. The van der Waals surface area contributed by atoms with E-state index in [-0.39, 0.29) is 0 Å². The maximum Gasteiger partial charge on any atom is 0.129 e. The molecule has 0 atom stereocenters. The Hall–Kier alpha value is -1.26. The number of rotatable bonds is 6. The molecule has 0 spiro atoms. The smallest absolute Gasteiger partial charge is 0.129 e. The van der Waals surface area contributed by atoms with Gasteiger partial charge in [-0.1, -0.05) is 30.6 Å². The van der Waals surface area contributed by atoms with Crippen LogP contribution in [0.3, 0.4) is 0 Å². The molecule has 0 aliphatic carbocycles. The van der Waals surface area contributed by atoms with Crippen LogP contribution in [0.1, 0.15) is 32.3 Å². The highest BCUT2D eigenvalue weighted by Gasteiger charge is 2.16. The second-order valence-corrected chi connectivity index (χ2v) is 5.43. The van der Waals surface area contributed by atoms with Crippen molar-refractivity contribution < 1.29 is 9.57 Å². The monoisotopic (exact) mass is 310 g/mol. The lowest BCUT2D eigenvalue weighted by molar-refractivity contribution is 0.114. The van der Waals surface area contributed by atoms with E-state index < -0.39 is 0 Å². The average Bonchev–Trinajstić information content (AvgIpc) is 2.69. The molecule has 116 valence electrons. The summed E-state index contributed by atoms with van der Waals surface area (Å²) in [6.45, 7) is 8.55. The molecule has 0 unspecified atom stereocenters. The summed E-state index contributed by atoms with van der Waals surface area (Å²) in [5, 5.41) is 5.01. The minimum absolute atomic E-state index is 0.599. The fraction of sp³-hybridized carbons (Fsp3) is 0.562. The van der Waals surface area contributed by atoms with Crippen molar-refractivity contribution >= 4 is 17.3 Å². The molecule has 0 saturated carbocycles. The number of hydrogen-bond donors (Lipinski definition) is 0. The van der Waals surface area contributed by atoms with Gasteiger partial charge in [0.2, 0.25) is 0 Å². The number of fused-ring (bicyclic) bond motifs is 1. The van der Waals surface area contributed by atoms with E-state index in [1.165, 1.54) is 0 Å². The summed E-state index contributed by atoms with van der Waals surface area (Å²) >= 11 is 6.08. The van der Waals surface area contributed by atoms with Gasteiger partial charge in [-0.25, -0.2) is 0 Å². The van der Waals surface area contributed by atoms with E-state index in [1.54, 1.807) is 0 Å². The Balaban J connectivity index is 2.02. The van der Waals surface area contributed by atoms with Crippen LogP contribution in [0, 0.1) is 0 Å². The molecule has 1 aromatic carbocycles. The number of hydrogen-bond acceptors (Lipinski definition) is 4. The van der Waals surface area contributed by atoms with Crippen LogP contribution in [-0.2, 0) is 4.84 Å². The summed E-state index contributed by atoms with van der Waals surface area (Å²) in [5.74, 6) is 0.836. The third-order valence-corrected chi connectivity index (χ3v) is 3.87. The Morgan fingerprint density at radius 2 is 2.14 bits per heavy atom. The van der Waals surface area contributed by atoms with Gasteiger partial charge in [0, 0.05) is 17.1 Å². The van der Waals surface area contributed by atoms with Crippen molar-refractivity contribution in [2.24, 2.45) is 5.16 Å². The zero-order valence-corrected chi connectivity index (χ0v) is 13.5. The lowest BCUT2D eigenvalue weighted by Gasteiger charge is -2.16. The molecular formula is C16H23ClN2O2. The minimum atomic E-state index is 0.599. The zero-order chi connectivity index (χ0) is 15.1. The largest absolute Gasteiger partial charge is 0.493 e. The third-order valence-electron chi connectivity index (χ3n) is 3.64. The van der Waals surface area contributed by atoms with E-state index in [0.717, 1.165) is 49.5 Å². The summed E-state index contributed by atoms with van der Waals surface area (Å²) in [5.41, 5.74) is 1.87. The first-order chi connectivity index (χ1) is 10.2. The van der Waals surface area contributed by atoms with Gasteiger partial charge in [0.15, 0.2) is 0 Å². The van der Waals surface area contributed by atoms with Gasteiger partial charge in [0.05, 0.1) is 12.3 Å². The van der Waals surface area contributed by atoms with Crippen molar-refractivity contribution in [3.05, 3.63) is 28.8 Å². The standard InChI is InChI=1S/C16H23ClN2O2/c1-3-19(4-2)9-11-21-18-15-6-5-10-20-16-8-7-13(17)12-14(15)16/h7-8,12H,3-6,9-11H2,1-2H3/b18-15-. The Bertz CT molecular complexity index is 487. The number of likely N-dealkylation sites (N-methyl/N-ethyl adjacent to an activating group) is 1. The van der Waals surface area contributed by atoms with Crippen molar-refractivity contribution in [3.8, 4) is 5.75 Å². The SMILES string of the molecule is CCN(CC)CCO/N=C1/CCCOc2ccc(Cl)cc21. The lowest BCUT2D eigenvalue weighted by atomic mass is 10.1. The van der Waals surface area contributed by atoms with Crippen molar-refractivity contribution in [2.45, 2.75) is 26.7 Å². The Kier molecular flexibility index (Phi) is 6.33. The molecule has 0 bridgehead atoms. The summed E-state index contributed by atoms with van der Waals surface area (Å²) < 4.78 is 5.71. The highest BCUT2D eigenvalue weighted by Crippen LogP contribution is 2.27. The van der Waals surface area contributed by atoms with Crippen LogP contribution in [0.5, 0.6) is 5.75 Å². The van der Waals surface area contributed by atoms with E-state index >= 15 is 0 Å². The van der Waals surface area contributed by atoms with Crippen molar-refractivity contribution in [3.63, 3.8) is 0 Å². The van der Waals surface area contributed by atoms with Gasteiger partial charge in [-0.2, -0.15) is 0 Å². The zero-order valence-electron chi connectivity index (χ0n) is 12.8. The van der Waals surface area contributed by atoms with Crippen LogP contribution in [0.4, 0.5) is 0 Å². The van der Waals surface area contributed by atoms with E-state index in [4.69, 9.17) is 21.2 Å². The molecule has 0 saturated heterocycles. The molecular weight excluding hydrogens is 288 g/mol. The first kappa shape index (κ1) is 16.1. The minimum Gasteiger partial charge on any atom is -0.493 e. The summed E-state index contributed by atoms with van der Waals surface area (Å²) in [6.07, 6.45) is 1.78.